The van der Waals surface area contributed by atoms with Gasteiger partial charge in [-0.25, -0.2) is 14.0 Å². The monoisotopic (exact) mass is 396 g/mol. The van der Waals surface area contributed by atoms with Gasteiger partial charge in [-0.2, -0.15) is 0 Å². The third-order valence-corrected chi connectivity index (χ3v) is 4.26. The van der Waals surface area contributed by atoms with Crippen molar-refractivity contribution in [3.63, 3.8) is 0 Å². The molecule has 3 rings (SSSR count). The molecule has 0 saturated carbocycles. The number of carbonyl (C=O) groups is 2. The summed E-state index contributed by atoms with van der Waals surface area (Å²) in [5.41, 5.74) is 1.67. The van der Waals surface area contributed by atoms with Crippen LogP contribution in [-0.4, -0.2) is 43.5 Å². The van der Waals surface area contributed by atoms with Crippen LogP contribution >= 0.6 is 0 Å². The van der Waals surface area contributed by atoms with Gasteiger partial charge in [0.1, 0.15) is 12.7 Å². The SMILES string of the molecule is O=C(/C=C/c1ccccc1)OC[C@H]1OC[C@@H](F)[C@@H]1OC(=O)/C=C/c1ccccc1. The summed E-state index contributed by atoms with van der Waals surface area (Å²) >= 11 is 0. The van der Waals surface area contributed by atoms with Crippen LogP contribution in [-0.2, 0) is 23.8 Å². The molecule has 0 spiro atoms. The first-order valence-corrected chi connectivity index (χ1v) is 9.21. The van der Waals surface area contributed by atoms with E-state index < -0.39 is 30.3 Å². The van der Waals surface area contributed by atoms with Crippen molar-refractivity contribution >= 4 is 24.1 Å². The molecule has 29 heavy (non-hydrogen) atoms. The third-order valence-electron chi connectivity index (χ3n) is 4.26. The van der Waals surface area contributed by atoms with Crippen LogP contribution in [0.3, 0.4) is 0 Å². The van der Waals surface area contributed by atoms with Gasteiger partial charge in [-0.3, -0.25) is 0 Å². The fourth-order valence-electron chi connectivity index (χ4n) is 2.77. The van der Waals surface area contributed by atoms with Crippen LogP contribution in [0.15, 0.2) is 72.8 Å². The summed E-state index contributed by atoms with van der Waals surface area (Å²) in [6, 6.07) is 18.4. The predicted molar refractivity (Wildman–Crippen MR) is 106 cm³/mol. The number of carbonyl (C=O) groups excluding carboxylic acids is 2. The van der Waals surface area contributed by atoms with Crippen molar-refractivity contribution in [2.45, 2.75) is 18.4 Å². The second-order valence-electron chi connectivity index (χ2n) is 6.41. The minimum absolute atomic E-state index is 0.210. The van der Waals surface area contributed by atoms with Crippen LogP contribution in [0.25, 0.3) is 12.2 Å². The Bertz CT molecular complexity index is 863. The van der Waals surface area contributed by atoms with Crippen LogP contribution in [0.1, 0.15) is 11.1 Å². The smallest absolute Gasteiger partial charge is 0.331 e. The molecule has 0 radical (unpaired) electrons. The Morgan fingerprint density at radius 2 is 1.48 bits per heavy atom. The first-order valence-electron chi connectivity index (χ1n) is 9.21. The lowest BCUT2D eigenvalue weighted by Crippen LogP contribution is -2.36. The molecule has 2 aromatic rings. The van der Waals surface area contributed by atoms with Crippen molar-refractivity contribution < 1.29 is 28.2 Å². The highest BCUT2D eigenvalue weighted by Gasteiger charge is 2.41. The summed E-state index contributed by atoms with van der Waals surface area (Å²) in [7, 11) is 0. The summed E-state index contributed by atoms with van der Waals surface area (Å²) in [6.07, 6.45) is 2.23. The molecule has 0 aromatic heterocycles. The van der Waals surface area contributed by atoms with Gasteiger partial charge >= 0.3 is 11.9 Å². The van der Waals surface area contributed by atoms with E-state index in [-0.39, 0.29) is 13.2 Å². The first-order chi connectivity index (χ1) is 14.1. The molecular weight excluding hydrogens is 375 g/mol. The Morgan fingerprint density at radius 3 is 2.07 bits per heavy atom. The molecule has 0 amide bonds. The molecule has 0 N–H and O–H groups in total. The summed E-state index contributed by atoms with van der Waals surface area (Å²) in [6.45, 7) is -0.429. The maximum absolute atomic E-state index is 14.1. The lowest BCUT2D eigenvalue weighted by Gasteiger charge is -2.18. The zero-order valence-corrected chi connectivity index (χ0v) is 15.6. The van der Waals surface area contributed by atoms with Gasteiger partial charge in [-0.1, -0.05) is 60.7 Å². The van der Waals surface area contributed by atoms with Gasteiger partial charge in [0.05, 0.1) is 6.61 Å². The average Bonchev–Trinajstić information content (AvgIpc) is 3.10. The number of esters is 2. The molecule has 3 atom stereocenters. The Kier molecular flexibility index (Phi) is 7.30. The van der Waals surface area contributed by atoms with Crippen molar-refractivity contribution in [1.82, 2.24) is 0 Å². The quantitative estimate of drug-likeness (QED) is 0.529. The first kappa shape index (κ1) is 20.5. The molecule has 5 nitrogen and oxygen atoms in total. The fraction of sp³-hybridized carbons (Fsp3) is 0.217. The molecule has 0 bridgehead atoms. The van der Waals surface area contributed by atoms with Gasteiger partial charge in [0.15, 0.2) is 12.3 Å². The van der Waals surface area contributed by atoms with E-state index in [9.17, 15) is 14.0 Å². The normalized spacial score (nSPS) is 21.5. The fourth-order valence-corrected chi connectivity index (χ4v) is 2.77. The van der Waals surface area contributed by atoms with Gasteiger partial charge in [-0.15, -0.1) is 0 Å². The number of rotatable bonds is 7. The molecule has 2 aromatic carbocycles. The number of hydrogen-bond donors (Lipinski definition) is 0. The average molecular weight is 396 g/mol. The summed E-state index contributed by atoms with van der Waals surface area (Å²) in [4.78, 5) is 23.9. The van der Waals surface area contributed by atoms with Crippen LogP contribution in [0.4, 0.5) is 4.39 Å². The van der Waals surface area contributed by atoms with Gasteiger partial charge in [0.25, 0.3) is 0 Å². The van der Waals surface area contributed by atoms with Crippen LogP contribution < -0.4 is 0 Å². The summed E-state index contributed by atoms with van der Waals surface area (Å²) < 4.78 is 29.6. The van der Waals surface area contributed by atoms with Gasteiger partial charge in [-0.05, 0) is 23.3 Å². The summed E-state index contributed by atoms with van der Waals surface area (Å²) in [5, 5.41) is 0. The number of halogens is 1. The number of ether oxygens (including phenoxy) is 3. The van der Waals surface area contributed by atoms with E-state index in [4.69, 9.17) is 14.2 Å². The molecule has 6 heteroatoms. The van der Waals surface area contributed by atoms with Gasteiger partial charge in [0, 0.05) is 12.2 Å². The maximum atomic E-state index is 14.1. The van der Waals surface area contributed by atoms with E-state index in [2.05, 4.69) is 0 Å². The molecule has 1 fully saturated rings. The lowest BCUT2D eigenvalue weighted by atomic mass is 10.1. The molecule has 1 heterocycles. The van der Waals surface area contributed by atoms with Gasteiger partial charge < -0.3 is 14.2 Å². The molecule has 1 aliphatic heterocycles. The van der Waals surface area contributed by atoms with Gasteiger partial charge in [0.2, 0.25) is 0 Å². The lowest BCUT2D eigenvalue weighted by molar-refractivity contribution is -0.152. The summed E-state index contributed by atoms with van der Waals surface area (Å²) in [5.74, 6) is -1.28. The van der Waals surface area contributed by atoms with Crippen molar-refractivity contribution in [2.75, 3.05) is 13.2 Å². The minimum Gasteiger partial charge on any atom is -0.460 e. The van der Waals surface area contributed by atoms with E-state index >= 15 is 0 Å². The Labute approximate surface area is 168 Å². The number of alkyl halides is 1. The highest BCUT2D eigenvalue weighted by molar-refractivity contribution is 5.87. The van der Waals surface area contributed by atoms with Crippen molar-refractivity contribution in [1.29, 1.82) is 0 Å². The Morgan fingerprint density at radius 1 is 0.931 bits per heavy atom. The largest absolute Gasteiger partial charge is 0.460 e. The van der Waals surface area contributed by atoms with E-state index in [1.54, 1.807) is 12.2 Å². The van der Waals surface area contributed by atoms with Crippen LogP contribution in [0.2, 0.25) is 0 Å². The Balaban J connectivity index is 1.50. The predicted octanol–water partition coefficient (Wildman–Crippen LogP) is 3.61. The highest BCUT2D eigenvalue weighted by Crippen LogP contribution is 2.21. The number of benzene rings is 2. The second-order valence-corrected chi connectivity index (χ2v) is 6.41. The zero-order chi connectivity index (χ0) is 20.5. The van der Waals surface area contributed by atoms with E-state index in [1.165, 1.54) is 12.2 Å². The van der Waals surface area contributed by atoms with Crippen LogP contribution in [0.5, 0.6) is 0 Å². The molecule has 1 saturated heterocycles. The second kappa shape index (κ2) is 10.3. The standard InChI is InChI=1S/C23H21FO5/c24-19-15-27-20(16-28-21(25)13-11-17-7-3-1-4-8-17)23(19)29-22(26)14-12-18-9-5-2-6-10-18/h1-14,19-20,23H,15-16H2/b13-11+,14-12+/t19-,20-,23+/m1/s1. The molecule has 0 unspecified atom stereocenters. The maximum Gasteiger partial charge on any atom is 0.331 e. The molecule has 150 valence electrons. The highest BCUT2D eigenvalue weighted by atomic mass is 19.1. The molecule has 0 aliphatic carbocycles. The van der Waals surface area contributed by atoms with E-state index in [1.807, 2.05) is 60.7 Å². The Hall–Kier alpha value is -3.25. The number of hydrogen-bond acceptors (Lipinski definition) is 5. The van der Waals surface area contributed by atoms with Crippen LogP contribution in [0, 0.1) is 0 Å². The van der Waals surface area contributed by atoms with E-state index in [0.717, 1.165) is 11.1 Å². The van der Waals surface area contributed by atoms with Crippen molar-refractivity contribution in [2.24, 2.45) is 0 Å². The minimum atomic E-state index is -1.48. The molecular formula is C23H21FO5. The third kappa shape index (κ3) is 6.40. The van der Waals surface area contributed by atoms with Crippen molar-refractivity contribution in [3.8, 4) is 0 Å². The zero-order valence-electron chi connectivity index (χ0n) is 15.6. The topological polar surface area (TPSA) is 61.8 Å². The van der Waals surface area contributed by atoms with Crippen molar-refractivity contribution in [3.05, 3.63) is 83.9 Å². The van der Waals surface area contributed by atoms with E-state index in [0.29, 0.717) is 0 Å². The molecule has 1 aliphatic rings.